The number of ether oxygens (including phenoxy) is 2. The number of carbonyl (C=O) groups excluding carboxylic acids is 1. The van der Waals surface area contributed by atoms with E-state index in [1.54, 1.807) is 0 Å². The molecule has 2 saturated carbocycles. The zero-order chi connectivity index (χ0) is 25.0. The molecule has 37 heavy (non-hydrogen) atoms. The Balaban J connectivity index is 0.000000349. The van der Waals surface area contributed by atoms with Crippen molar-refractivity contribution in [3.05, 3.63) is 77.9 Å². The summed E-state index contributed by atoms with van der Waals surface area (Å²) in [6.45, 7) is 2.60. The second-order valence-electron chi connectivity index (χ2n) is 10.3. The van der Waals surface area contributed by atoms with Gasteiger partial charge in [0.05, 0.1) is 5.41 Å². The molecule has 6 heteroatoms. The van der Waals surface area contributed by atoms with Gasteiger partial charge < -0.3 is 19.5 Å². The summed E-state index contributed by atoms with van der Waals surface area (Å²) in [5, 5.41) is 0. The maximum atomic E-state index is 13.2. The van der Waals surface area contributed by atoms with Gasteiger partial charge in [0, 0.05) is 23.4 Å². The molecular weight excluding hydrogens is 484 g/mol. The normalized spacial score (nSPS) is 17.2. The minimum atomic E-state index is -0.392. The first kappa shape index (κ1) is 27.2. The van der Waals surface area contributed by atoms with E-state index in [1.165, 1.54) is 32.1 Å². The quantitative estimate of drug-likeness (QED) is 0.346. The SMILES string of the molecule is CC1CCCCC1.O.O=C(Cc1cccc(-c2ccc(SO)cc2)c1)C1(c2ccc3c(c2)OCO3)CC1. The number of fused-ring (bicyclic) bond motifs is 1. The first-order chi connectivity index (χ1) is 17.6. The predicted molar refractivity (Wildman–Crippen MR) is 148 cm³/mol. The third kappa shape index (κ3) is 6.38. The fourth-order valence-electron chi connectivity index (χ4n) is 5.28. The van der Waals surface area contributed by atoms with Crippen molar-refractivity contribution in [3.8, 4) is 22.6 Å². The minimum Gasteiger partial charge on any atom is -0.454 e. The molecule has 0 radical (unpaired) electrons. The van der Waals surface area contributed by atoms with Crippen LogP contribution >= 0.6 is 12.0 Å². The highest BCUT2D eigenvalue weighted by molar-refractivity contribution is 7.93. The second kappa shape index (κ2) is 12.2. The van der Waals surface area contributed by atoms with E-state index in [-0.39, 0.29) is 18.1 Å². The Labute approximate surface area is 223 Å². The lowest BCUT2D eigenvalue weighted by Gasteiger charge is -2.15. The summed E-state index contributed by atoms with van der Waals surface area (Å²) in [6.07, 6.45) is 9.61. The van der Waals surface area contributed by atoms with E-state index in [1.807, 2.05) is 60.7 Å². The molecular formula is C31H36O5S. The Morgan fingerprint density at radius 3 is 2.30 bits per heavy atom. The van der Waals surface area contributed by atoms with Crippen LogP contribution in [0.2, 0.25) is 0 Å². The lowest BCUT2D eigenvalue weighted by molar-refractivity contribution is -0.120. The number of benzene rings is 3. The van der Waals surface area contributed by atoms with E-state index in [0.29, 0.717) is 6.42 Å². The van der Waals surface area contributed by atoms with E-state index >= 15 is 0 Å². The molecule has 0 amide bonds. The van der Waals surface area contributed by atoms with Gasteiger partial charge in [0.1, 0.15) is 5.78 Å². The summed E-state index contributed by atoms with van der Waals surface area (Å²) >= 11 is 0.738. The molecule has 2 fully saturated rings. The molecule has 0 unspecified atom stereocenters. The van der Waals surface area contributed by atoms with E-state index in [2.05, 4.69) is 13.0 Å². The fourth-order valence-corrected chi connectivity index (χ4v) is 5.54. The summed E-state index contributed by atoms with van der Waals surface area (Å²) in [6, 6.07) is 21.7. The highest BCUT2D eigenvalue weighted by Crippen LogP contribution is 2.51. The molecule has 3 aromatic rings. The van der Waals surface area contributed by atoms with Crippen molar-refractivity contribution in [1.29, 1.82) is 0 Å². The van der Waals surface area contributed by atoms with Crippen molar-refractivity contribution < 1.29 is 24.3 Å². The predicted octanol–water partition coefficient (Wildman–Crippen LogP) is 7.25. The Morgan fingerprint density at radius 2 is 1.65 bits per heavy atom. The van der Waals surface area contributed by atoms with E-state index in [4.69, 9.17) is 14.0 Å². The lowest BCUT2D eigenvalue weighted by Crippen LogP contribution is -2.22. The average molecular weight is 521 g/mol. The van der Waals surface area contributed by atoms with Crippen LogP contribution in [0.15, 0.2) is 71.6 Å². The van der Waals surface area contributed by atoms with Crippen LogP contribution in [0.5, 0.6) is 11.5 Å². The topological polar surface area (TPSA) is 87.3 Å². The van der Waals surface area contributed by atoms with Gasteiger partial charge in [-0.3, -0.25) is 4.79 Å². The Hall–Kier alpha value is -2.80. The summed E-state index contributed by atoms with van der Waals surface area (Å²) < 4.78 is 20.0. The van der Waals surface area contributed by atoms with Crippen molar-refractivity contribution in [1.82, 2.24) is 0 Å². The maximum absolute atomic E-state index is 13.2. The van der Waals surface area contributed by atoms with Crippen LogP contribution in [0.1, 0.15) is 63.0 Å². The van der Waals surface area contributed by atoms with E-state index in [9.17, 15) is 4.79 Å². The largest absolute Gasteiger partial charge is 0.454 e. The summed E-state index contributed by atoms with van der Waals surface area (Å²) in [5.74, 6) is 2.76. The number of hydrogen-bond acceptors (Lipinski definition) is 5. The third-order valence-electron chi connectivity index (χ3n) is 7.69. The smallest absolute Gasteiger partial charge is 0.231 e. The molecule has 0 spiro atoms. The highest BCUT2D eigenvalue weighted by Gasteiger charge is 2.50. The van der Waals surface area contributed by atoms with Crippen molar-refractivity contribution in [2.24, 2.45) is 5.92 Å². The van der Waals surface area contributed by atoms with Gasteiger partial charge in [-0.15, -0.1) is 0 Å². The van der Waals surface area contributed by atoms with Gasteiger partial charge in [-0.2, -0.15) is 0 Å². The number of carbonyl (C=O) groups is 1. The first-order valence-corrected chi connectivity index (χ1v) is 13.8. The number of hydrogen-bond donors (Lipinski definition) is 1. The van der Waals surface area contributed by atoms with Crippen LogP contribution in [0.25, 0.3) is 11.1 Å². The molecule has 6 rings (SSSR count). The number of Topliss-reactive ketones (excluding diaryl/α,β-unsaturated/α-hetero) is 1. The van der Waals surface area contributed by atoms with Crippen LogP contribution in [0, 0.1) is 5.92 Å². The molecule has 1 heterocycles. The monoisotopic (exact) mass is 520 g/mol. The van der Waals surface area contributed by atoms with E-state index in [0.717, 1.165) is 69.5 Å². The maximum Gasteiger partial charge on any atom is 0.231 e. The molecule has 5 nitrogen and oxygen atoms in total. The van der Waals surface area contributed by atoms with Crippen LogP contribution in [-0.4, -0.2) is 22.6 Å². The molecule has 196 valence electrons. The lowest BCUT2D eigenvalue weighted by atomic mass is 9.87. The van der Waals surface area contributed by atoms with Gasteiger partial charge in [-0.25, -0.2) is 0 Å². The van der Waals surface area contributed by atoms with Gasteiger partial charge in [0.25, 0.3) is 0 Å². The zero-order valence-corrected chi connectivity index (χ0v) is 22.2. The number of ketones is 1. The highest BCUT2D eigenvalue weighted by atomic mass is 32.2. The van der Waals surface area contributed by atoms with Gasteiger partial charge in [0.15, 0.2) is 11.5 Å². The fraction of sp³-hybridized carbons (Fsp3) is 0.387. The van der Waals surface area contributed by atoms with Gasteiger partial charge in [0.2, 0.25) is 6.79 Å². The zero-order valence-electron chi connectivity index (χ0n) is 21.4. The van der Waals surface area contributed by atoms with Crippen LogP contribution < -0.4 is 9.47 Å². The van der Waals surface area contributed by atoms with Crippen LogP contribution in [0.3, 0.4) is 0 Å². The summed E-state index contributed by atoms with van der Waals surface area (Å²) in [4.78, 5) is 14.0. The summed E-state index contributed by atoms with van der Waals surface area (Å²) in [7, 11) is 0. The van der Waals surface area contributed by atoms with Crippen molar-refractivity contribution >= 4 is 17.8 Å². The first-order valence-electron chi connectivity index (χ1n) is 13.0. The van der Waals surface area contributed by atoms with E-state index < -0.39 is 5.41 Å². The van der Waals surface area contributed by atoms with Crippen LogP contribution in [0.4, 0.5) is 0 Å². The van der Waals surface area contributed by atoms with Gasteiger partial charge in [-0.1, -0.05) is 81.5 Å². The molecule has 3 aromatic carbocycles. The standard InChI is InChI=1S/C24H20O4S.C7H14.H2O/c25-23(24(10-11-24)19-6-9-21-22(14-19)28-15-27-21)13-16-2-1-3-18(12-16)17-4-7-20(29-26)8-5-17;1-7-5-3-2-4-6-7;/h1-9,12,14,26H,10-11,13,15H2;7H,2-6H2,1H3;1H2. The van der Waals surface area contributed by atoms with Gasteiger partial charge in [-0.05, 0) is 65.3 Å². The molecule has 3 N–H and O–H groups in total. The second-order valence-corrected chi connectivity index (χ2v) is 11.0. The summed E-state index contributed by atoms with van der Waals surface area (Å²) in [5.41, 5.74) is 3.78. The molecule has 3 aliphatic rings. The Kier molecular flexibility index (Phi) is 8.95. The van der Waals surface area contributed by atoms with Gasteiger partial charge >= 0.3 is 0 Å². The molecule has 1 aliphatic heterocycles. The molecule has 0 bridgehead atoms. The molecule has 0 atom stereocenters. The Bertz CT molecular complexity index is 1200. The molecule has 2 aliphatic carbocycles. The van der Waals surface area contributed by atoms with Crippen molar-refractivity contribution in [3.63, 3.8) is 0 Å². The molecule has 0 aromatic heterocycles. The third-order valence-corrected chi connectivity index (χ3v) is 8.17. The number of rotatable bonds is 6. The van der Waals surface area contributed by atoms with Crippen molar-refractivity contribution in [2.45, 2.75) is 68.6 Å². The van der Waals surface area contributed by atoms with Crippen LogP contribution in [-0.2, 0) is 16.6 Å². The van der Waals surface area contributed by atoms with Crippen molar-refractivity contribution in [2.75, 3.05) is 6.79 Å². The minimum absolute atomic E-state index is 0. The Morgan fingerprint density at radius 1 is 0.919 bits per heavy atom. The average Bonchev–Trinajstić information content (AvgIpc) is 3.60. The molecule has 0 saturated heterocycles.